The van der Waals surface area contributed by atoms with Gasteiger partial charge < -0.3 is 20.3 Å². The summed E-state index contributed by atoms with van der Waals surface area (Å²) >= 11 is 0. The molecule has 0 bridgehead atoms. The molecule has 0 radical (unpaired) electrons. The number of rotatable bonds is 6. The van der Waals surface area contributed by atoms with E-state index in [1.165, 1.54) is 0 Å². The number of ether oxygens (including phenoxy) is 1. The highest BCUT2D eigenvalue weighted by Gasteiger charge is 2.31. The maximum absolute atomic E-state index is 11.8. The van der Waals surface area contributed by atoms with Crippen LogP contribution >= 0.6 is 0 Å². The lowest BCUT2D eigenvalue weighted by Crippen LogP contribution is -2.47. The zero-order valence-electron chi connectivity index (χ0n) is 11.6. The van der Waals surface area contributed by atoms with E-state index in [2.05, 4.69) is 5.32 Å². The minimum Gasteiger partial charge on any atom is -0.481 e. The third kappa shape index (κ3) is 6.02. The van der Waals surface area contributed by atoms with Gasteiger partial charge in [-0.2, -0.15) is 0 Å². The minimum atomic E-state index is -0.916. The summed E-state index contributed by atoms with van der Waals surface area (Å²) in [6.45, 7) is 4.67. The quantitative estimate of drug-likeness (QED) is 0.656. The maximum Gasteiger partial charge on any atom is 0.303 e. The van der Waals surface area contributed by atoms with Gasteiger partial charge in [-0.25, -0.2) is 0 Å². The van der Waals surface area contributed by atoms with Gasteiger partial charge in [0.1, 0.15) is 0 Å². The number of aliphatic hydroxyl groups is 1. The Balaban J connectivity index is 2.36. The fraction of sp³-hybridized carbons (Fsp3) is 0.846. The monoisotopic (exact) mass is 273 g/mol. The number of nitrogens with one attached hydrogen (secondary N) is 1. The molecule has 1 aliphatic rings. The van der Waals surface area contributed by atoms with Crippen LogP contribution in [0.2, 0.25) is 0 Å². The van der Waals surface area contributed by atoms with Crippen molar-refractivity contribution < 1.29 is 24.5 Å². The molecule has 1 amide bonds. The molecule has 1 heterocycles. The van der Waals surface area contributed by atoms with E-state index < -0.39 is 17.0 Å². The standard InChI is InChI=1S/C13H23NO5/c1-12(2,8-11(16)17)7-10(15)14-9-13(18)3-5-19-6-4-13/h18H,3-9H2,1-2H3,(H,14,15)(H,16,17). The van der Waals surface area contributed by atoms with Crippen molar-refractivity contribution in [2.24, 2.45) is 5.41 Å². The maximum atomic E-state index is 11.8. The van der Waals surface area contributed by atoms with Crippen LogP contribution in [0.3, 0.4) is 0 Å². The van der Waals surface area contributed by atoms with Crippen molar-refractivity contribution in [3.05, 3.63) is 0 Å². The van der Waals surface area contributed by atoms with Crippen molar-refractivity contribution in [1.82, 2.24) is 5.32 Å². The first-order valence-electron chi connectivity index (χ1n) is 6.51. The van der Waals surface area contributed by atoms with Gasteiger partial charge in [0.15, 0.2) is 0 Å². The van der Waals surface area contributed by atoms with E-state index in [1.807, 2.05) is 0 Å². The summed E-state index contributed by atoms with van der Waals surface area (Å²) in [7, 11) is 0. The lowest BCUT2D eigenvalue weighted by Gasteiger charge is -2.32. The molecule has 0 aliphatic carbocycles. The van der Waals surface area contributed by atoms with Crippen LogP contribution in [-0.2, 0) is 14.3 Å². The number of carbonyl (C=O) groups excluding carboxylic acids is 1. The third-order valence-electron chi connectivity index (χ3n) is 3.31. The number of carboxylic acid groups (broad SMARTS) is 1. The number of amides is 1. The van der Waals surface area contributed by atoms with Gasteiger partial charge >= 0.3 is 5.97 Å². The molecule has 6 heteroatoms. The number of hydrogen-bond donors (Lipinski definition) is 3. The van der Waals surface area contributed by atoms with Crippen LogP contribution in [0.1, 0.15) is 39.5 Å². The van der Waals surface area contributed by atoms with Gasteiger partial charge in [-0.05, 0) is 5.41 Å². The Morgan fingerprint density at radius 3 is 2.37 bits per heavy atom. The first kappa shape index (κ1) is 15.9. The molecular formula is C13H23NO5. The Kier molecular flexibility index (Phi) is 5.31. The summed E-state index contributed by atoms with van der Waals surface area (Å²) in [6.07, 6.45) is 1.09. The molecule has 19 heavy (non-hydrogen) atoms. The number of carbonyl (C=O) groups is 2. The first-order valence-corrected chi connectivity index (χ1v) is 6.51. The van der Waals surface area contributed by atoms with E-state index >= 15 is 0 Å². The molecule has 1 fully saturated rings. The molecule has 1 aliphatic heterocycles. The molecule has 1 rings (SSSR count). The van der Waals surface area contributed by atoms with Crippen molar-refractivity contribution in [2.75, 3.05) is 19.8 Å². The van der Waals surface area contributed by atoms with Crippen LogP contribution in [-0.4, -0.2) is 47.4 Å². The van der Waals surface area contributed by atoms with Gasteiger partial charge in [0.25, 0.3) is 0 Å². The second kappa shape index (κ2) is 6.34. The summed E-state index contributed by atoms with van der Waals surface area (Å²) in [5, 5.41) is 21.6. The molecule has 1 saturated heterocycles. The van der Waals surface area contributed by atoms with Crippen molar-refractivity contribution in [1.29, 1.82) is 0 Å². The van der Waals surface area contributed by atoms with Crippen molar-refractivity contribution in [3.8, 4) is 0 Å². The topological polar surface area (TPSA) is 95.9 Å². The second-order valence-electron chi connectivity index (χ2n) is 6.02. The summed E-state index contributed by atoms with van der Waals surface area (Å²) in [5.74, 6) is -1.15. The van der Waals surface area contributed by atoms with Crippen LogP contribution in [0.5, 0.6) is 0 Å². The average Bonchev–Trinajstić information content (AvgIpc) is 2.25. The summed E-state index contributed by atoms with van der Waals surface area (Å²) < 4.78 is 5.16. The predicted molar refractivity (Wildman–Crippen MR) is 68.7 cm³/mol. The van der Waals surface area contributed by atoms with Crippen LogP contribution in [0, 0.1) is 5.41 Å². The highest BCUT2D eigenvalue weighted by atomic mass is 16.5. The van der Waals surface area contributed by atoms with Crippen molar-refractivity contribution in [2.45, 2.75) is 45.1 Å². The molecule has 0 atom stereocenters. The molecule has 6 nitrogen and oxygen atoms in total. The van der Waals surface area contributed by atoms with Gasteiger partial charge in [-0.15, -0.1) is 0 Å². The molecule has 0 aromatic heterocycles. The van der Waals surface area contributed by atoms with E-state index in [0.717, 1.165) is 0 Å². The van der Waals surface area contributed by atoms with Crippen LogP contribution in [0.15, 0.2) is 0 Å². The normalized spacial score (nSPS) is 18.9. The highest BCUT2D eigenvalue weighted by Crippen LogP contribution is 2.25. The molecule has 0 spiro atoms. The smallest absolute Gasteiger partial charge is 0.303 e. The van der Waals surface area contributed by atoms with E-state index in [-0.39, 0.29) is 25.3 Å². The van der Waals surface area contributed by atoms with E-state index in [1.54, 1.807) is 13.8 Å². The lowest BCUT2D eigenvalue weighted by molar-refractivity contribution is -0.139. The fourth-order valence-corrected chi connectivity index (χ4v) is 2.16. The zero-order valence-corrected chi connectivity index (χ0v) is 11.6. The summed E-state index contributed by atoms with van der Waals surface area (Å²) in [5.41, 5.74) is -1.49. The Hall–Kier alpha value is -1.14. The highest BCUT2D eigenvalue weighted by molar-refractivity contribution is 5.78. The Bertz CT molecular complexity index is 334. The van der Waals surface area contributed by atoms with Crippen LogP contribution in [0.4, 0.5) is 0 Å². The Morgan fingerprint density at radius 2 is 1.84 bits per heavy atom. The predicted octanol–water partition coefficient (Wildman–Crippen LogP) is 0.535. The molecule has 3 N–H and O–H groups in total. The van der Waals surface area contributed by atoms with Gasteiger partial charge in [-0.3, -0.25) is 9.59 Å². The fourth-order valence-electron chi connectivity index (χ4n) is 2.16. The van der Waals surface area contributed by atoms with E-state index in [0.29, 0.717) is 26.1 Å². The van der Waals surface area contributed by atoms with Gasteiger partial charge in [0.05, 0.1) is 12.0 Å². The minimum absolute atomic E-state index is 0.0570. The molecule has 0 aromatic carbocycles. The van der Waals surface area contributed by atoms with E-state index in [4.69, 9.17) is 9.84 Å². The summed E-state index contributed by atoms with van der Waals surface area (Å²) in [6, 6.07) is 0. The molecule has 0 saturated carbocycles. The molecule has 0 aromatic rings. The van der Waals surface area contributed by atoms with Gasteiger partial charge in [-0.1, -0.05) is 13.8 Å². The Morgan fingerprint density at radius 1 is 1.26 bits per heavy atom. The largest absolute Gasteiger partial charge is 0.481 e. The molecule has 0 unspecified atom stereocenters. The number of aliphatic carboxylic acids is 1. The zero-order chi connectivity index (χ0) is 14.5. The van der Waals surface area contributed by atoms with Crippen molar-refractivity contribution >= 4 is 11.9 Å². The van der Waals surface area contributed by atoms with Gasteiger partial charge in [0, 0.05) is 39.0 Å². The Labute approximate surface area is 113 Å². The molecule has 110 valence electrons. The average molecular weight is 273 g/mol. The SMILES string of the molecule is CC(C)(CC(=O)O)CC(=O)NCC1(O)CCOCC1. The van der Waals surface area contributed by atoms with Gasteiger partial charge in [0.2, 0.25) is 5.91 Å². The number of carboxylic acids is 1. The van der Waals surface area contributed by atoms with E-state index in [9.17, 15) is 14.7 Å². The summed E-state index contributed by atoms with van der Waals surface area (Å²) in [4.78, 5) is 22.4. The third-order valence-corrected chi connectivity index (χ3v) is 3.31. The second-order valence-corrected chi connectivity index (χ2v) is 6.02. The van der Waals surface area contributed by atoms with Crippen molar-refractivity contribution in [3.63, 3.8) is 0 Å². The van der Waals surface area contributed by atoms with Crippen LogP contribution in [0.25, 0.3) is 0 Å². The molecular weight excluding hydrogens is 250 g/mol. The first-order chi connectivity index (χ1) is 8.72. The lowest BCUT2D eigenvalue weighted by atomic mass is 9.85. The van der Waals surface area contributed by atoms with Crippen LogP contribution < -0.4 is 5.32 Å². The number of hydrogen-bond acceptors (Lipinski definition) is 4.